The van der Waals surface area contributed by atoms with Gasteiger partial charge in [0, 0.05) is 0 Å². The monoisotopic (exact) mass is 351 g/mol. The summed E-state index contributed by atoms with van der Waals surface area (Å²) >= 11 is 0. The summed E-state index contributed by atoms with van der Waals surface area (Å²) in [5.74, 6) is 0.102. The lowest BCUT2D eigenvalue weighted by molar-refractivity contribution is -0.123. The van der Waals surface area contributed by atoms with Gasteiger partial charge in [0.2, 0.25) is 5.09 Å². The van der Waals surface area contributed by atoms with Crippen molar-refractivity contribution in [3.05, 3.63) is 47.2 Å². The fourth-order valence-corrected chi connectivity index (χ4v) is 2.28. The number of rotatable bonds is 6. The van der Waals surface area contributed by atoms with E-state index in [0.717, 1.165) is 23.4 Å². The van der Waals surface area contributed by atoms with Crippen LogP contribution < -0.4 is 10.2 Å². The summed E-state index contributed by atoms with van der Waals surface area (Å²) < 4.78 is 42.3. The number of benzene rings is 1. The lowest BCUT2D eigenvalue weighted by Crippen LogP contribution is -2.24. The second-order valence-corrected chi connectivity index (χ2v) is 6.27. The minimum Gasteiger partial charge on any atom is -0.742 e. The second-order valence-electron chi connectivity index (χ2n) is 4.96. The van der Waals surface area contributed by atoms with Gasteiger partial charge in [-0.25, -0.2) is 13.8 Å². The number of nitrogens with one attached hydrogen (secondary N) is 1. The molecular formula is C15H15N2O6S-. The van der Waals surface area contributed by atoms with Crippen molar-refractivity contribution in [2.75, 3.05) is 6.61 Å². The molecule has 8 nitrogen and oxygen atoms in total. The molecule has 128 valence electrons. The molecule has 2 aromatic rings. The van der Waals surface area contributed by atoms with E-state index in [9.17, 15) is 17.8 Å². The highest BCUT2D eigenvalue weighted by Gasteiger charge is 2.07. The van der Waals surface area contributed by atoms with Gasteiger partial charge in [0.25, 0.3) is 5.91 Å². The number of carbonyl (C=O) groups excluding carboxylic acids is 1. The molecule has 2 rings (SSSR count). The third-order valence-electron chi connectivity index (χ3n) is 2.92. The fraction of sp³-hybridized carbons (Fsp3) is 0.200. The normalized spacial score (nSPS) is 11.6. The number of ether oxygens (including phenoxy) is 1. The number of aryl methyl sites for hydroxylation is 2. The fourth-order valence-electron chi connectivity index (χ4n) is 1.84. The van der Waals surface area contributed by atoms with Crippen LogP contribution in [0.1, 0.15) is 16.9 Å². The van der Waals surface area contributed by atoms with E-state index >= 15 is 0 Å². The molecule has 0 radical (unpaired) electrons. The van der Waals surface area contributed by atoms with Crippen molar-refractivity contribution >= 4 is 22.2 Å². The maximum Gasteiger partial charge on any atom is 0.277 e. The average Bonchev–Trinajstić information content (AvgIpc) is 2.95. The predicted molar refractivity (Wildman–Crippen MR) is 83.8 cm³/mol. The Kier molecular flexibility index (Phi) is 5.37. The highest BCUT2D eigenvalue weighted by atomic mass is 32.2. The van der Waals surface area contributed by atoms with Crippen LogP contribution >= 0.6 is 0 Å². The van der Waals surface area contributed by atoms with Crippen LogP contribution in [-0.2, 0) is 14.9 Å². The van der Waals surface area contributed by atoms with E-state index in [2.05, 4.69) is 10.5 Å². The van der Waals surface area contributed by atoms with E-state index in [1.165, 1.54) is 6.07 Å². The zero-order valence-corrected chi connectivity index (χ0v) is 13.8. The SMILES string of the molecule is Cc1ccc(OCC(=O)N/N=C/c2ccc(S(=O)(=O)[O-])o2)c(C)c1. The standard InChI is InChI=1S/C15H16N2O6S/c1-10-3-5-13(11(2)7-10)22-9-14(18)17-16-8-12-4-6-15(23-12)24(19,20)21/h3-8H,9H2,1-2H3,(H,17,18)(H,19,20,21)/p-1/b16-8+. The van der Waals surface area contributed by atoms with Crippen molar-refractivity contribution in [2.24, 2.45) is 5.10 Å². The predicted octanol–water partition coefficient (Wildman–Crippen LogP) is 1.33. The van der Waals surface area contributed by atoms with Crippen LogP contribution in [0.4, 0.5) is 0 Å². The lowest BCUT2D eigenvalue weighted by atomic mass is 10.1. The van der Waals surface area contributed by atoms with E-state index in [1.807, 2.05) is 26.0 Å². The molecule has 0 saturated carbocycles. The van der Waals surface area contributed by atoms with Crippen LogP contribution in [0.25, 0.3) is 0 Å². The Hall–Kier alpha value is -2.65. The molecule has 1 N–H and O–H groups in total. The van der Waals surface area contributed by atoms with Crippen molar-refractivity contribution in [2.45, 2.75) is 18.9 Å². The van der Waals surface area contributed by atoms with Gasteiger partial charge in [0.15, 0.2) is 16.7 Å². The van der Waals surface area contributed by atoms with Gasteiger partial charge >= 0.3 is 0 Å². The van der Waals surface area contributed by atoms with Gasteiger partial charge in [-0.05, 0) is 37.6 Å². The van der Waals surface area contributed by atoms with Crippen LogP contribution in [-0.4, -0.2) is 31.7 Å². The van der Waals surface area contributed by atoms with Crippen molar-refractivity contribution in [3.63, 3.8) is 0 Å². The number of hydrazone groups is 1. The first kappa shape index (κ1) is 17.7. The van der Waals surface area contributed by atoms with Crippen LogP contribution in [0.15, 0.2) is 44.9 Å². The van der Waals surface area contributed by atoms with E-state index in [4.69, 9.17) is 9.15 Å². The smallest absolute Gasteiger partial charge is 0.277 e. The molecule has 0 unspecified atom stereocenters. The third kappa shape index (κ3) is 4.93. The number of hydrogen-bond acceptors (Lipinski definition) is 7. The van der Waals surface area contributed by atoms with Crippen molar-refractivity contribution in [1.82, 2.24) is 5.43 Å². The molecule has 0 saturated heterocycles. The quantitative estimate of drug-likeness (QED) is 0.476. The van der Waals surface area contributed by atoms with Crippen molar-refractivity contribution < 1.29 is 26.9 Å². The van der Waals surface area contributed by atoms with Crippen LogP contribution in [0.2, 0.25) is 0 Å². The zero-order chi connectivity index (χ0) is 17.7. The summed E-state index contributed by atoms with van der Waals surface area (Å²) in [7, 11) is -4.66. The Balaban J connectivity index is 1.85. The zero-order valence-electron chi connectivity index (χ0n) is 13.0. The molecule has 0 aliphatic heterocycles. The Labute approximate surface area is 138 Å². The first-order valence-electron chi connectivity index (χ1n) is 6.83. The molecule has 1 aromatic carbocycles. The molecule has 1 amide bonds. The molecule has 0 bridgehead atoms. The van der Waals surface area contributed by atoms with E-state index < -0.39 is 21.1 Å². The summed E-state index contributed by atoms with van der Waals surface area (Å²) in [4.78, 5) is 11.6. The van der Waals surface area contributed by atoms with Crippen LogP contribution in [0.3, 0.4) is 0 Å². The molecule has 0 fully saturated rings. The summed E-state index contributed by atoms with van der Waals surface area (Å²) in [6.07, 6.45) is 1.07. The molecule has 0 aliphatic rings. The summed E-state index contributed by atoms with van der Waals surface area (Å²) in [6.45, 7) is 3.59. The van der Waals surface area contributed by atoms with Gasteiger partial charge < -0.3 is 13.7 Å². The third-order valence-corrected chi connectivity index (χ3v) is 3.63. The molecular weight excluding hydrogens is 336 g/mol. The summed E-state index contributed by atoms with van der Waals surface area (Å²) in [6, 6.07) is 7.83. The van der Waals surface area contributed by atoms with Crippen molar-refractivity contribution in [3.8, 4) is 5.75 Å². The first-order chi connectivity index (χ1) is 11.3. The Morgan fingerprint density at radius 3 is 2.71 bits per heavy atom. The second kappa shape index (κ2) is 7.28. The molecule has 24 heavy (non-hydrogen) atoms. The topological polar surface area (TPSA) is 121 Å². The maximum absolute atomic E-state index is 11.6. The highest BCUT2D eigenvalue weighted by Crippen LogP contribution is 2.18. The molecule has 1 aromatic heterocycles. The molecule has 0 aliphatic carbocycles. The molecule has 1 heterocycles. The summed E-state index contributed by atoms with van der Waals surface area (Å²) in [5.41, 5.74) is 4.20. The van der Waals surface area contributed by atoms with Gasteiger partial charge in [0.1, 0.15) is 11.5 Å². The highest BCUT2D eigenvalue weighted by molar-refractivity contribution is 7.85. The molecule has 0 spiro atoms. The van der Waals surface area contributed by atoms with Gasteiger partial charge in [-0.1, -0.05) is 17.7 Å². The Bertz CT molecular complexity index is 870. The Morgan fingerprint density at radius 2 is 2.08 bits per heavy atom. The Morgan fingerprint density at radius 1 is 1.33 bits per heavy atom. The molecule has 0 atom stereocenters. The van der Waals surface area contributed by atoms with Gasteiger partial charge in [-0.3, -0.25) is 4.79 Å². The van der Waals surface area contributed by atoms with E-state index in [-0.39, 0.29) is 12.4 Å². The number of amides is 1. The number of nitrogens with zero attached hydrogens (tertiary/aromatic N) is 1. The van der Waals surface area contributed by atoms with Gasteiger partial charge in [-0.15, -0.1) is 0 Å². The minimum atomic E-state index is -4.66. The van der Waals surface area contributed by atoms with Crippen LogP contribution in [0.5, 0.6) is 5.75 Å². The maximum atomic E-state index is 11.6. The van der Waals surface area contributed by atoms with E-state index in [0.29, 0.717) is 5.75 Å². The average molecular weight is 351 g/mol. The summed E-state index contributed by atoms with van der Waals surface area (Å²) in [5, 5.41) is 2.88. The van der Waals surface area contributed by atoms with Gasteiger partial charge in [-0.2, -0.15) is 5.10 Å². The lowest BCUT2D eigenvalue weighted by Gasteiger charge is -2.08. The van der Waals surface area contributed by atoms with Gasteiger partial charge in [0.05, 0.1) is 6.21 Å². The van der Waals surface area contributed by atoms with Crippen molar-refractivity contribution in [1.29, 1.82) is 0 Å². The first-order valence-corrected chi connectivity index (χ1v) is 8.24. The number of carbonyl (C=O) groups is 1. The van der Waals surface area contributed by atoms with Crippen LogP contribution in [0, 0.1) is 13.8 Å². The minimum absolute atomic E-state index is 0.0139. The number of hydrogen-bond donors (Lipinski definition) is 1. The van der Waals surface area contributed by atoms with E-state index in [1.54, 1.807) is 6.07 Å². The largest absolute Gasteiger partial charge is 0.742 e. The number of furan rings is 1. The molecule has 9 heteroatoms.